The first-order valence-electron chi connectivity index (χ1n) is 7.39. The average Bonchev–Trinajstić information content (AvgIpc) is 2.59. The molecule has 2 aromatic rings. The van der Waals surface area contributed by atoms with Gasteiger partial charge in [-0.15, -0.1) is 0 Å². The number of carbonyl (C=O) groups is 1. The van der Waals surface area contributed by atoms with Crippen molar-refractivity contribution in [3.63, 3.8) is 0 Å². The third-order valence-corrected chi connectivity index (χ3v) is 3.89. The van der Waals surface area contributed by atoms with Gasteiger partial charge in [0.15, 0.2) is 6.17 Å². The van der Waals surface area contributed by atoms with E-state index in [1.165, 1.54) is 30.3 Å². The van der Waals surface area contributed by atoms with Crippen molar-refractivity contribution in [1.82, 2.24) is 0 Å². The minimum Gasteiger partial charge on any atom is -0.478 e. The molecule has 2 atom stereocenters. The van der Waals surface area contributed by atoms with Crippen LogP contribution < -0.4 is 4.74 Å². The van der Waals surface area contributed by atoms with Gasteiger partial charge in [-0.25, -0.2) is 13.6 Å². The Kier molecular flexibility index (Phi) is 4.43. The third-order valence-electron chi connectivity index (χ3n) is 3.89. The van der Waals surface area contributed by atoms with E-state index in [4.69, 9.17) is 9.84 Å². The van der Waals surface area contributed by atoms with Gasteiger partial charge in [-0.1, -0.05) is 30.3 Å². The zero-order chi connectivity index (χ0) is 19.1. The molecule has 0 aromatic heterocycles. The molecule has 2 aromatic carbocycles. The molecular weight excluding hydrogens is 359 g/mol. The average molecular weight is 370 g/mol. The van der Waals surface area contributed by atoms with Crippen molar-refractivity contribution in [3.8, 4) is 5.75 Å². The van der Waals surface area contributed by atoms with E-state index in [-0.39, 0.29) is 22.4 Å². The Bertz CT molecular complexity index is 889. The minimum atomic E-state index is -4.96. The second kappa shape index (κ2) is 6.44. The second-order valence-corrected chi connectivity index (χ2v) is 5.63. The number of ether oxygens (including phenoxy) is 1. The van der Waals surface area contributed by atoms with Crippen LogP contribution in [0.15, 0.2) is 48.0 Å². The summed E-state index contributed by atoms with van der Waals surface area (Å²) in [6.07, 6.45) is -8.72. The van der Waals surface area contributed by atoms with Crippen molar-refractivity contribution in [2.45, 2.75) is 18.5 Å². The molecule has 26 heavy (non-hydrogen) atoms. The minimum absolute atomic E-state index is 0.0624. The van der Waals surface area contributed by atoms with Crippen LogP contribution in [0.4, 0.5) is 22.0 Å². The fourth-order valence-corrected chi connectivity index (χ4v) is 2.64. The summed E-state index contributed by atoms with van der Waals surface area (Å²) in [6.45, 7) is 0. The molecule has 0 bridgehead atoms. The topological polar surface area (TPSA) is 46.5 Å². The van der Waals surface area contributed by atoms with Gasteiger partial charge in [0.25, 0.3) is 0 Å². The molecule has 3 nitrogen and oxygen atoms in total. The van der Waals surface area contributed by atoms with Crippen molar-refractivity contribution in [2.75, 3.05) is 0 Å². The number of carboxylic acid groups (broad SMARTS) is 1. The number of halogens is 5. The Morgan fingerprint density at radius 1 is 1.15 bits per heavy atom. The monoisotopic (exact) mass is 370 g/mol. The molecule has 0 radical (unpaired) electrons. The molecule has 3 rings (SSSR count). The Morgan fingerprint density at radius 3 is 2.46 bits per heavy atom. The van der Waals surface area contributed by atoms with Crippen LogP contribution >= 0.6 is 0 Å². The van der Waals surface area contributed by atoms with Gasteiger partial charge in [0.05, 0.1) is 5.57 Å². The maximum Gasteiger partial charge on any atom is 0.430 e. The van der Waals surface area contributed by atoms with E-state index in [9.17, 15) is 26.7 Å². The molecule has 1 N–H and O–H groups in total. The normalized spacial score (nSPS) is 17.7. The summed E-state index contributed by atoms with van der Waals surface area (Å²) in [5.74, 6) is -2.88. The Labute approximate surface area is 144 Å². The lowest BCUT2D eigenvalue weighted by Gasteiger charge is -2.27. The van der Waals surface area contributed by atoms with E-state index in [1.54, 1.807) is 0 Å². The van der Waals surface area contributed by atoms with Crippen molar-refractivity contribution < 1.29 is 36.6 Å². The second-order valence-electron chi connectivity index (χ2n) is 5.63. The summed E-state index contributed by atoms with van der Waals surface area (Å²) in [6, 6.07) is 8.59. The van der Waals surface area contributed by atoms with Gasteiger partial charge in [-0.2, -0.15) is 13.2 Å². The molecule has 1 aliphatic rings. The number of hydrogen-bond acceptors (Lipinski definition) is 2. The predicted octanol–water partition coefficient (Wildman–Crippen LogP) is 4.68. The van der Waals surface area contributed by atoms with E-state index < -0.39 is 35.8 Å². The smallest absolute Gasteiger partial charge is 0.430 e. The highest BCUT2D eigenvalue weighted by Gasteiger charge is 2.48. The molecule has 0 saturated carbocycles. The first-order valence-corrected chi connectivity index (χ1v) is 7.39. The number of benzene rings is 2. The fraction of sp³-hybridized carbons (Fsp3) is 0.167. The zero-order valence-electron chi connectivity index (χ0n) is 12.9. The summed E-state index contributed by atoms with van der Waals surface area (Å²) in [4.78, 5) is 11.1. The van der Waals surface area contributed by atoms with Crippen LogP contribution in [0.3, 0.4) is 0 Å². The summed E-state index contributed by atoms with van der Waals surface area (Å²) in [5, 5.41) is 8.97. The molecule has 1 aliphatic heterocycles. The molecule has 136 valence electrons. The van der Waals surface area contributed by atoms with Crippen LogP contribution in [-0.2, 0) is 4.79 Å². The van der Waals surface area contributed by atoms with Gasteiger partial charge in [-0.05, 0) is 23.8 Å². The summed E-state index contributed by atoms with van der Waals surface area (Å²) in [7, 11) is 0. The first-order chi connectivity index (χ1) is 12.2. The van der Waals surface area contributed by atoms with Crippen LogP contribution in [-0.4, -0.2) is 23.4 Å². The van der Waals surface area contributed by atoms with Crippen LogP contribution in [0.1, 0.15) is 22.9 Å². The highest BCUT2D eigenvalue weighted by Crippen LogP contribution is 2.39. The molecule has 0 aliphatic carbocycles. The Morgan fingerprint density at radius 2 is 1.85 bits per heavy atom. The third kappa shape index (κ3) is 3.26. The lowest BCUT2D eigenvalue weighted by atomic mass is 9.97. The standard InChI is InChI=1S/C18H11F5O3/c19-13-4-2-1-3-11(13)15(20)10-6-5-9-7-12(17(24)25)16(18(21,22)23)26-14(9)8-10/h1-8,15-16H,(H,24,25). The maximum absolute atomic E-state index is 14.6. The van der Waals surface area contributed by atoms with E-state index in [2.05, 4.69) is 0 Å². The number of carboxylic acids is 1. The Hall–Kier alpha value is -2.90. The SMILES string of the molecule is O=C(O)C1=Cc2ccc(C(F)c3ccccc3F)cc2OC1C(F)(F)F. The summed E-state index contributed by atoms with van der Waals surface area (Å²) in [5.41, 5.74) is -1.28. The van der Waals surface area contributed by atoms with Crippen LogP contribution in [0.25, 0.3) is 6.08 Å². The van der Waals surface area contributed by atoms with Crippen LogP contribution in [0.5, 0.6) is 5.75 Å². The van der Waals surface area contributed by atoms with E-state index in [0.717, 1.165) is 18.2 Å². The molecule has 2 unspecified atom stereocenters. The van der Waals surface area contributed by atoms with E-state index >= 15 is 0 Å². The molecule has 1 heterocycles. The number of hydrogen-bond donors (Lipinski definition) is 1. The van der Waals surface area contributed by atoms with Crippen molar-refractivity contribution >= 4 is 12.0 Å². The number of aliphatic carboxylic acids is 1. The lowest BCUT2D eigenvalue weighted by Crippen LogP contribution is -2.40. The quantitative estimate of drug-likeness (QED) is 0.799. The van der Waals surface area contributed by atoms with Gasteiger partial charge in [-0.3, -0.25) is 0 Å². The molecule has 8 heteroatoms. The van der Waals surface area contributed by atoms with Gasteiger partial charge in [0.2, 0.25) is 6.10 Å². The molecule has 0 saturated heterocycles. The number of alkyl halides is 4. The zero-order valence-corrected chi connectivity index (χ0v) is 12.9. The van der Waals surface area contributed by atoms with Crippen molar-refractivity contribution in [2.24, 2.45) is 0 Å². The van der Waals surface area contributed by atoms with Gasteiger partial charge < -0.3 is 9.84 Å². The highest BCUT2D eigenvalue weighted by atomic mass is 19.4. The predicted molar refractivity (Wildman–Crippen MR) is 81.9 cm³/mol. The largest absolute Gasteiger partial charge is 0.478 e. The lowest BCUT2D eigenvalue weighted by molar-refractivity contribution is -0.187. The highest BCUT2D eigenvalue weighted by molar-refractivity contribution is 5.95. The van der Waals surface area contributed by atoms with Crippen LogP contribution in [0.2, 0.25) is 0 Å². The van der Waals surface area contributed by atoms with E-state index in [0.29, 0.717) is 0 Å². The van der Waals surface area contributed by atoms with Crippen molar-refractivity contribution in [3.05, 3.63) is 70.5 Å². The molecular formula is C18H11F5O3. The number of rotatable bonds is 3. The summed E-state index contributed by atoms with van der Waals surface area (Å²) >= 11 is 0. The fourth-order valence-electron chi connectivity index (χ4n) is 2.64. The van der Waals surface area contributed by atoms with Gasteiger partial charge >= 0.3 is 12.1 Å². The first kappa shape index (κ1) is 17.9. The van der Waals surface area contributed by atoms with E-state index in [1.807, 2.05) is 0 Å². The number of fused-ring (bicyclic) bond motifs is 1. The van der Waals surface area contributed by atoms with Gasteiger partial charge in [0, 0.05) is 11.1 Å². The maximum atomic E-state index is 14.6. The Balaban J connectivity index is 2.02. The molecule has 0 spiro atoms. The summed E-state index contributed by atoms with van der Waals surface area (Å²) < 4.78 is 72.3. The van der Waals surface area contributed by atoms with Gasteiger partial charge in [0.1, 0.15) is 11.6 Å². The van der Waals surface area contributed by atoms with Crippen LogP contribution in [0, 0.1) is 5.82 Å². The molecule has 0 fully saturated rings. The molecule has 0 amide bonds. The van der Waals surface area contributed by atoms with Crippen molar-refractivity contribution in [1.29, 1.82) is 0 Å².